The molecule has 2 aliphatic rings. The number of hydrogen-bond acceptors (Lipinski definition) is 5. The number of hydrogen-bond donors (Lipinski definition) is 0. The molecule has 0 N–H and O–H groups in total. The van der Waals surface area contributed by atoms with Gasteiger partial charge in [-0.25, -0.2) is 4.79 Å². The summed E-state index contributed by atoms with van der Waals surface area (Å²) >= 11 is 0. The van der Waals surface area contributed by atoms with E-state index < -0.39 is 0 Å². The van der Waals surface area contributed by atoms with E-state index in [1.54, 1.807) is 4.57 Å². The molecular weight excluding hydrogens is 332 g/mol. The van der Waals surface area contributed by atoms with Gasteiger partial charge in [-0.05, 0) is 25.0 Å². The molecular formula is C20H24N2O4. The molecule has 0 amide bonds. The first-order valence-electron chi connectivity index (χ1n) is 9.18. The predicted molar refractivity (Wildman–Crippen MR) is 97.5 cm³/mol. The molecule has 1 atom stereocenters. The highest BCUT2D eigenvalue weighted by molar-refractivity contribution is 5.66. The largest absolute Gasteiger partial charge is 0.378 e. The van der Waals surface area contributed by atoms with Gasteiger partial charge in [0.05, 0.1) is 44.4 Å². The van der Waals surface area contributed by atoms with Crippen LogP contribution in [0.1, 0.15) is 16.8 Å². The van der Waals surface area contributed by atoms with E-state index in [1.165, 1.54) is 11.1 Å². The van der Waals surface area contributed by atoms with Crippen LogP contribution in [0.4, 0.5) is 0 Å². The second kappa shape index (κ2) is 7.70. The van der Waals surface area contributed by atoms with Crippen LogP contribution in [0.5, 0.6) is 0 Å². The average Bonchev–Trinajstić information content (AvgIpc) is 2.65. The Morgan fingerprint density at radius 1 is 1.31 bits per heavy atom. The van der Waals surface area contributed by atoms with Crippen molar-refractivity contribution < 1.29 is 14.2 Å². The monoisotopic (exact) mass is 356 g/mol. The van der Waals surface area contributed by atoms with Gasteiger partial charge in [-0.3, -0.25) is 4.57 Å². The lowest BCUT2D eigenvalue weighted by Gasteiger charge is -2.23. The third kappa shape index (κ3) is 3.72. The highest BCUT2D eigenvalue weighted by Crippen LogP contribution is 2.29. The molecule has 1 fully saturated rings. The molecule has 0 spiro atoms. The van der Waals surface area contributed by atoms with Gasteiger partial charge in [-0.2, -0.15) is 4.98 Å². The van der Waals surface area contributed by atoms with Crippen LogP contribution >= 0.6 is 0 Å². The van der Waals surface area contributed by atoms with E-state index in [-0.39, 0.29) is 11.8 Å². The van der Waals surface area contributed by atoms with E-state index >= 15 is 0 Å². The van der Waals surface area contributed by atoms with Gasteiger partial charge in [0.2, 0.25) is 0 Å². The minimum Gasteiger partial charge on any atom is -0.378 e. The minimum absolute atomic E-state index is 0.000911. The van der Waals surface area contributed by atoms with Crippen molar-refractivity contribution in [2.75, 3.05) is 33.0 Å². The number of rotatable bonds is 5. The first-order valence-corrected chi connectivity index (χ1v) is 9.18. The summed E-state index contributed by atoms with van der Waals surface area (Å²) in [4.78, 5) is 16.6. The van der Waals surface area contributed by atoms with Crippen LogP contribution in [0.3, 0.4) is 0 Å². The molecule has 0 saturated carbocycles. The Hall–Kier alpha value is -2.02. The van der Waals surface area contributed by atoms with Crippen LogP contribution in [0, 0.1) is 6.92 Å². The maximum Gasteiger partial charge on any atom is 0.348 e. The molecule has 2 aromatic rings. The highest BCUT2D eigenvalue weighted by Gasteiger charge is 2.19. The van der Waals surface area contributed by atoms with Crippen LogP contribution in [0.25, 0.3) is 11.3 Å². The number of nitrogens with zero attached hydrogens (tertiary/aromatic N) is 2. The molecule has 0 aliphatic carbocycles. The van der Waals surface area contributed by atoms with E-state index in [1.807, 2.05) is 6.07 Å². The van der Waals surface area contributed by atoms with Crippen molar-refractivity contribution in [3.8, 4) is 11.3 Å². The van der Waals surface area contributed by atoms with E-state index in [4.69, 9.17) is 14.2 Å². The fourth-order valence-electron chi connectivity index (χ4n) is 3.56. The summed E-state index contributed by atoms with van der Waals surface area (Å²) in [7, 11) is 0. The van der Waals surface area contributed by atoms with Gasteiger partial charge < -0.3 is 14.2 Å². The number of fused-ring (bicyclic) bond motifs is 3. The molecule has 0 unspecified atom stereocenters. The van der Waals surface area contributed by atoms with Gasteiger partial charge in [-0.15, -0.1) is 0 Å². The fourth-order valence-corrected chi connectivity index (χ4v) is 3.56. The Labute approximate surface area is 152 Å². The van der Waals surface area contributed by atoms with E-state index in [9.17, 15) is 4.79 Å². The Balaban J connectivity index is 1.45. The first kappa shape index (κ1) is 17.4. The van der Waals surface area contributed by atoms with Crippen molar-refractivity contribution in [2.24, 2.45) is 0 Å². The smallest absolute Gasteiger partial charge is 0.348 e. The van der Waals surface area contributed by atoms with Gasteiger partial charge in [0.15, 0.2) is 0 Å². The second-order valence-electron chi connectivity index (χ2n) is 6.87. The second-order valence-corrected chi connectivity index (χ2v) is 6.87. The molecule has 1 aromatic heterocycles. The van der Waals surface area contributed by atoms with Gasteiger partial charge in [0, 0.05) is 18.5 Å². The first-order chi connectivity index (χ1) is 12.7. The molecule has 1 saturated heterocycles. The lowest BCUT2D eigenvalue weighted by Crippen LogP contribution is -2.32. The number of aryl methyl sites for hydroxylation is 2. The van der Waals surface area contributed by atoms with Crippen molar-refractivity contribution in [3.63, 3.8) is 0 Å². The fraction of sp³-hybridized carbons (Fsp3) is 0.500. The van der Waals surface area contributed by atoms with Crippen LogP contribution in [-0.4, -0.2) is 48.7 Å². The summed E-state index contributed by atoms with van der Waals surface area (Å²) < 4.78 is 18.4. The third-order valence-corrected chi connectivity index (χ3v) is 4.90. The summed E-state index contributed by atoms with van der Waals surface area (Å²) in [6, 6.07) is 8.43. The maximum atomic E-state index is 12.4. The van der Waals surface area contributed by atoms with Gasteiger partial charge >= 0.3 is 5.69 Å². The normalized spacial score (nSPS) is 19.0. The van der Waals surface area contributed by atoms with Crippen LogP contribution in [0.15, 0.2) is 29.1 Å². The van der Waals surface area contributed by atoms with Crippen molar-refractivity contribution in [3.05, 3.63) is 51.6 Å². The van der Waals surface area contributed by atoms with Crippen molar-refractivity contribution in [2.45, 2.75) is 32.4 Å². The average molecular weight is 356 g/mol. The zero-order valence-corrected chi connectivity index (χ0v) is 15.1. The van der Waals surface area contributed by atoms with Crippen LogP contribution < -0.4 is 5.69 Å². The van der Waals surface area contributed by atoms with Gasteiger partial charge in [-0.1, -0.05) is 23.8 Å². The topological polar surface area (TPSA) is 62.6 Å². The standard InChI is InChI=1S/C20H24N2O4/c1-14-2-3-18-15(10-14)4-6-22-19(18)11-16(21-20(22)23)5-7-24-12-17-13-25-8-9-26-17/h2-3,10-11,17H,4-9,12-13H2,1H3/t17-/m1/s1. The third-order valence-electron chi connectivity index (χ3n) is 4.90. The molecule has 2 aliphatic heterocycles. The molecule has 1 aromatic carbocycles. The minimum atomic E-state index is -0.173. The predicted octanol–water partition coefficient (Wildman–Crippen LogP) is 1.75. The molecule has 0 bridgehead atoms. The molecule has 6 nitrogen and oxygen atoms in total. The van der Waals surface area contributed by atoms with Gasteiger partial charge in [0.1, 0.15) is 6.10 Å². The van der Waals surface area contributed by atoms with Gasteiger partial charge in [0.25, 0.3) is 0 Å². The number of benzene rings is 1. The quantitative estimate of drug-likeness (QED) is 0.764. The van der Waals surface area contributed by atoms with E-state index in [0.717, 1.165) is 23.4 Å². The summed E-state index contributed by atoms with van der Waals surface area (Å²) in [6.07, 6.45) is 1.48. The maximum absolute atomic E-state index is 12.4. The number of ether oxygens (including phenoxy) is 3. The molecule has 26 heavy (non-hydrogen) atoms. The molecule has 3 heterocycles. The summed E-state index contributed by atoms with van der Waals surface area (Å²) in [5.74, 6) is 0. The van der Waals surface area contributed by atoms with Crippen molar-refractivity contribution >= 4 is 0 Å². The Kier molecular flexibility index (Phi) is 5.15. The molecule has 0 radical (unpaired) electrons. The Bertz CT molecular complexity index is 840. The number of aromatic nitrogens is 2. The van der Waals surface area contributed by atoms with Crippen LogP contribution in [-0.2, 0) is 33.6 Å². The van der Waals surface area contributed by atoms with Crippen LogP contribution in [0.2, 0.25) is 0 Å². The molecule has 6 heteroatoms. The zero-order chi connectivity index (χ0) is 17.9. The van der Waals surface area contributed by atoms with E-state index in [0.29, 0.717) is 46.0 Å². The summed E-state index contributed by atoms with van der Waals surface area (Å²) in [5, 5.41) is 0. The molecule has 138 valence electrons. The summed E-state index contributed by atoms with van der Waals surface area (Å²) in [6.45, 7) is 5.65. The van der Waals surface area contributed by atoms with Crippen molar-refractivity contribution in [1.82, 2.24) is 9.55 Å². The SMILES string of the molecule is Cc1ccc2c(c1)CCn1c-2cc(CCOC[C@@H]2COCCO2)nc1=O. The lowest BCUT2D eigenvalue weighted by molar-refractivity contribution is -0.115. The Morgan fingerprint density at radius 3 is 3.08 bits per heavy atom. The lowest BCUT2D eigenvalue weighted by atomic mass is 9.95. The molecule has 4 rings (SSSR count). The zero-order valence-electron chi connectivity index (χ0n) is 15.1. The van der Waals surface area contributed by atoms with E-state index in [2.05, 4.69) is 30.1 Å². The summed E-state index contributed by atoms with van der Waals surface area (Å²) in [5.41, 5.74) is 5.24. The highest BCUT2D eigenvalue weighted by atomic mass is 16.6. The van der Waals surface area contributed by atoms with Crippen molar-refractivity contribution in [1.29, 1.82) is 0 Å². The Morgan fingerprint density at radius 2 is 2.23 bits per heavy atom.